The highest BCUT2D eigenvalue weighted by atomic mass is 32.2. The normalized spacial score (nSPS) is 10.4. The predicted octanol–water partition coefficient (Wildman–Crippen LogP) is 4.25. The highest BCUT2D eigenvalue weighted by molar-refractivity contribution is 7.98. The first-order valence-electron chi connectivity index (χ1n) is 9.41. The van der Waals surface area contributed by atoms with Gasteiger partial charge in [-0.3, -0.25) is 9.59 Å². The van der Waals surface area contributed by atoms with Gasteiger partial charge in [-0.2, -0.15) is 11.8 Å². The lowest BCUT2D eigenvalue weighted by molar-refractivity contribution is -0.121. The summed E-state index contributed by atoms with van der Waals surface area (Å²) in [6.07, 6.45) is 0.914. The van der Waals surface area contributed by atoms with Gasteiger partial charge in [0.05, 0.1) is 13.7 Å². The molecular formula is C22H26FNO4S. The first-order valence-corrected chi connectivity index (χ1v) is 10.6. The molecular weight excluding hydrogens is 393 g/mol. The maximum Gasteiger partial charge on any atom is 0.220 e. The number of nitrogens with one attached hydrogen (secondary N) is 1. The monoisotopic (exact) mass is 419 g/mol. The highest BCUT2D eigenvalue weighted by Crippen LogP contribution is 2.28. The third-order valence-electron chi connectivity index (χ3n) is 4.16. The molecule has 0 fully saturated rings. The van der Waals surface area contributed by atoms with Gasteiger partial charge in [0.2, 0.25) is 5.91 Å². The van der Waals surface area contributed by atoms with Crippen LogP contribution in [0.2, 0.25) is 0 Å². The number of carbonyl (C=O) groups is 2. The molecule has 1 amide bonds. The Morgan fingerprint density at radius 2 is 1.93 bits per heavy atom. The van der Waals surface area contributed by atoms with Crippen LogP contribution in [0.5, 0.6) is 11.5 Å². The third kappa shape index (κ3) is 7.77. The van der Waals surface area contributed by atoms with Crippen molar-refractivity contribution in [2.75, 3.05) is 26.0 Å². The Labute approximate surface area is 175 Å². The smallest absolute Gasteiger partial charge is 0.220 e. The maximum absolute atomic E-state index is 13.5. The van der Waals surface area contributed by atoms with Gasteiger partial charge in [0, 0.05) is 30.0 Å². The summed E-state index contributed by atoms with van der Waals surface area (Å²) in [5.74, 6) is 2.06. The Balaban J connectivity index is 1.60. The number of Topliss-reactive ketones (excluding diaryl/α,β-unsaturated/α-hetero) is 1. The number of carbonyl (C=O) groups excluding carboxylic acids is 2. The first-order chi connectivity index (χ1) is 14.0. The number of hydrogen-bond acceptors (Lipinski definition) is 5. The zero-order chi connectivity index (χ0) is 21.1. The number of hydrogen-bond donors (Lipinski definition) is 1. The van der Waals surface area contributed by atoms with Crippen molar-refractivity contribution in [1.29, 1.82) is 0 Å². The Bertz CT molecular complexity index is 828. The predicted molar refractivity (Wildman–Crippen MR) is 113 cm³/mol. The van der Waals surface area contributed by atoms with Gasteiger partial charge in [-0.1, -0.05) is 18.2 Å². The van der Waals surface area contributed by atoms with Gasteiger partial charge in [-0.05, 0) is 43.2 Å². The Morgan fingerprint density at radius 1 is 1.14 bits per heavy atom. The quantitative estimate of drug-likeness (QED) is 0.412. The van der Waals surface area contributed by atoms with Gasteiger partial charge in [-0.25, -0.2) is 4.39 Å². The van der Waals surface area contributed by atoms with Crippen LogP contribution in [0.15, 0.2) is 42.5 Å². The zero-order valence-electron chi connectivity index (χ0n) is 16.7. The summed E-state index contributed by atoms with van der Waals surface area (Å²) in [7, 11) is 1.52. The van der Waals surface area contributed by atoms with Crippen LogP contribution in [0.3, 0.4) is 0 Å². The van der Waals surface area contributed by atoms with Crippen LogP contribution in [0, 0.1) is 5.82 Å². The van der Waals surface area contributed by atoms with Gasteiger partial charge in [0.1, 0.15) is 5.82 Å². The van der Waals surface area contributed by atoms with Crippen molar-refractivity contribution in [1.82, 2.24) is 5.32 Å². The molecule has 0 saturated heterocycles. The van der Waals surface area contributed by atoms with Gasteiger partial charge >= 0.3 is 0 Å². The lowest BCUT2D eigenvalue weighted by Gasteiger charge is -2.11. The molecule has 0 aliphatic heterocycles. The number of benzene rings is 2. The van der Waals surface area contributed by atoms with Crippen molar-refractivity contribution in [2.24, 2.45) is 0 Å². The van der Waals surface area contributed by atoms with Gasteiger partial charge < -0.3 is 14.8 Å². The van der Waals surface area contributed by atoms with E-state index in [0.717, 1.165) is 5.75 Å². The molecule has 5 nitrogen and oxygen atoms in total. The molecule has 0 heterocycles. The van der Waals surface area contributed by atoms with Gasteiger partial charge in [-0.15, -0.1) is 0 Å². The number of rotatable bonds is 12. The van der Waals surface area contributed by atoms with Crippen molar-refractivity contribution in [3.8, 4) is 11.5 Å². The number of ether oxygens (including phenoxy) is 2. The Hall–Kier alpha value is -2.54. The summed E-state index contributed by atoms with van der Waals surface area (Å²) in [5, 5.41) is 2.85. The van der Waals surface area contributed by atoms with Crippen LogP contribution in [0.4, 0.5) is 4.39 Å². The van der Waals surface area contributed by atoms with Crippen molar-refractivity contribution in [2.45, 2.75) is 25.5 Å². The van der Waals surface area contributed by atoms with E-state index in [1.54, 1.807) is 42.1 Å². The third-order valence-corrected chi connectivity index (χ3v) is 5.17. The molecule has 2 aromatic rings. The molecule has 0 aliphatic carbocycles. The zero-order valence-corrected chi connectivity index (χ0v) is 17.5. The van der Waals surface area contributed by atoms with Crippen LogP contribution < -0.4 is 14.8 Å². The summed E-state index contributed by atoms with van der Waals surface area (Å²) in [6.45, 7) is 2.40. The Morgan fingerprint density at radius 3 is 2.66 bits per heavy atom. The summed E-state index contributed by atoms with van der Waals surface area (Å²) >= 11 is 1.58. The molecule has 156 valence electrons. The molecule has 2 aromatic carbocycles. The topological polar surface area (TPSA) is 64.6 Å². The van der Waals surface area contributed by atoms with E-state index < -0.39 is 0 Å². The number of amides is 1. The largest absolute Gasteiger partial charge is 0.493 e. The lowest BCUT2D eigenvalue weighted by atomic mass is 10.1. The van der Waals surface area contributed by atoms with Crippen LogP contribution in [-0.4, -0.2) is 37.7 Å². The average Bonchev–Trinajstić information content (AvgIpc) is 2.72. The molecule has 0 saturated carbocycles. The second-order valence-electron chi connectivity index (χ2n) is 6.37. The van der Waals surface area contributed by atoms with Gasteiger partial charge in [0.25, 0.3) is 0 Å². The second kappa shape index (κ2) is 12.1. The van der Waals surface area contributed by atoms with E-state index in [1.165, 1.54) is 20.1 Å². The first kappa shape index (κ1) is 22.7. The molecule has 1 N–H and O–H groups in total. The summed E-state index contributed by atoms with van der Waals surface area (Å²) in [6, 6.07) is 11.7. The molecule has 0 bridgehead atoms. The molecule has 0 spiro atoms. The van der Waals surface area contributed by atoms with Crippen molar-refractivity contribution in [3.63, 3.8) is 0 Å². The standard InChI is InChI=1S/C22H26FNO4S/c1-16(25)17-9-10-20(21(14-17)27-2)28-12-5-8-22(26)24-11-13-29-15-18-6-3-4-7-19(18)23/h3-4,6-7,9-10,14H,5,8,11-13,15H2,1-2H3,(H,24,26). The molecule has 0 radical (unpaired) electrons. The molecule has 0 aliphatic rings. The van der Waals surface area contributed by atoms with Crippen LogP contribution >= 0.6 is 11.8 Å². The van der Waals surface area contributed by atoms with E-state index in [4.69, 9.17) is 9.47 Å². The lowest BCUT2D eigenvalue weighted by Crippen LogP contribution is -2.25. The average molecular weight is 420 g/mol. The Kier molecular flexibility index (Phi) is 9.50. The SMILES string of the molecule is COc1cc(C(C)=O)ccc1OCCCC(=O)NCCSCc1ccccc1F. The van der Waals surface area contributed by atoms with E-state index in [2.05, 4.69) is 5.32 Å². The molecule has 0 unspecified atom stereocenters. The minimum atomic E-state index is -0.198. The summed E-state index contributed by atoms with van der Waals surface area (Å²) < 4.78 is 24.4. The maximum atomic E-state index is 13.5. The van der Waals surface area contributed by atoms with Crippen molar-refractivity contribution < 1.29 is 23.5 Å². The van der Waals surface area contributed by atoms with E-state index in [9.17, 15) is 14.0 Å². The number of thioether (sulfide) groups is 1. The molecule has 0 atom stereocenters. The van der Waals surface area contributed by atoms with Gasteiger partial charge in [0.15, 0.2) is 17.3 Å². The summed E-state index contributed by atoms with van der Waals surface area (Å²) in [4.78, 5) is 23.3. The van der Waals surface area contributed by atoms with Crippen molar-refractivity contribution >= 4 is 23.5 Å². The fraction of sp³-hybridized carbons (Fsp3) is 0.364. The van der Waals surface area contributed by atoms with E-state index >= 15 is 0 Å². The number of methoxy groups -OCH3 is 1. The van der Waals surface area contributed by atoms with E-state index in [0.29, 0.717) is 54.4 Å². The summed E-state index contributed by atoms with van der Waals surface area (Å²) in [5.41, 5.74) is 1.23. The molecule has 0 aromatic heterocycles. The highest BCUT2D eigenvalue weighted by Gasteiger charge is 2.09. The fourth-order valence-electron chi connectivity index (χ4n) is 2.57. The minimum absolute atomic E-state index is 0.0426. The second-order valence-corrected chi connectivity index (χ2v) is 7.47. The van der Waals surface area contributed by atoms with E-state index in [-0.39, 0.29) is 17.5 Å². The number of ketones is 1. The van der Waals surface area contributed by atoms with Crippen LogP contribution in [0.1, 0.15) is 35.7 Å². The van der Waals surface area contributed by atoms with Crippen LogP contribution in [0.25, 0.3) is 0 Å². The van der Waals surface area contributed by atoms with E-state index in [1.807, 2.05) is 6.07 Å². The van der Waals surface area contributed by atoms with Crippen molar-refractivity contribution in [3.05, 3.63) is 59.4 Å². The molecule has 29 heavy (non-hydrogen) atoms. The number of halogens is 1. The fourth-order valence-corrected chi connectivity index (χ4v) is 3.41. The molecule has 7 heteroatoms. The molecule has 2 rings (SSSR count). The minimum Gasteiger partial charge on any atom is -0.493 e. The van der Waals surface area contributed by atoms with Crippen LogP contribution in [-0.2, 0) is 10.5 Å².